The van der Waals surface area contributed by atoms with Crippen LogP contribution in [-0.4, -0.2) is 74.5 Å². The Morgan fingerprint density at radius 1 is 0.714 bits per heavy atom. The number of nitrogens with two attached hydrogens (primary N) is 4. The van der Waals surface area contributed by atoms with Crippen LogP contribution in [0, 0.1) is 12.7 Å². The van der Waals surface area contributed by atoms with Crippen LogP contribution < -0.4 is 22.9 Å². The van der Waals surface area contributed by atoms with Crippen LogP contribution in [0.5, 0.6) is 0 Å². The quantitative estimate of drug-likeness (QED) is 0.113. The SMILES string of the molecule is Cc1c(Br)c(C2CCCN2[C@@](C(N)=O)(C(=O)OC(N)=O)C2(C)c3ccc(cc3)C2C)n(-c2ccc(F)cc2)c1C1CCCN1[C@@](C(N)=O)(C(=O)OC(N)=O)C1(C)Cc2ccc1cc2. The summed E-state index contributed by atoms with van der Waals surface area (Å²) in [5.74, 6) is -5.55. The highest BCUT2D eigenvalue weighted by molar-refractivity contribution is 9.10. The van der Waals surface area contributed by atoms with E-state index >= 15 is 0 Å². The van der Waals surface area contributed by atoms with Gasteiger partial charge in [-0.15, -0.1) is 0 Å². The molecule has 0 radical (unpaired) electrons. The lowest BCUT2D eigenvalue weighted by Gasteiger charge is -2.55. The normalized spacial score (nSPS) is 25.9. The maximum absolute atomic E-state index is 14.8. The van der Waals surface area contributed by atoms with Gasteiger partial charge in [0.25, 0.3) is 11.8 Å². The Morgan fingerprint density at radius 3 is 1.68 bits per heavy atom. The number of hydrogen-bond donors (Lipinski definition) is 4. The third kappa shape index (κ3) is 6.02. The number of aromatic nitrogens is 1. The van der Waals surface area contributed by atoms with Crippen LogP contribution >= 0.6 is 15.9 Å². The molecule has 0 saturated carbocycles. The Bertz CT molecular complexity index is 2590. The number of rotatable bonds is 11. The molecule has 63 heavy (non-hydrogen) atoms. The van der Waals surface area contributed by atoms with Gasteiger partial charge < -0.3 is 37.0 Å². The van der Waals surface area contributed by atoms with Crippen molar-refractivity contribution < 1.29 is 42.6 Å². The number of amides is 4. The van der Waals surface area contributed by atoms with E-state index in [4.69, 9.17) is 32.4 Å². The molecule has 8 N–H and O–H groups in total. The molecule has 2 fully saturated rings. The van der Waals surface area contributed by atoms with Gasteiger partial charge in [-0.05, 0) is 113 Å². The van der Waals surface area contributed by atoms with E-state index in [1.807, 2.05) is 66.9 Å². The van der Waals surface area contributed by atoms with Crippen molar-refractivity contribution in [3.8, 4) is 5.69 Å². The van der Waals surface area contributed by atoms with E-state index < -0.39 is 81.7 Å². The molecule has 330 valence electrons. The first kappa shape index (κ1) is 43.7. The Balaban J connectivity index is 1.39. The second-order valence-corrected chi connectivity index (χ2v) is 18.3. The number of benzene rings is 3. The van der Waals surface area contributed by atoms with Gasteiger partial charge in [-0.1, -0.05) is 69.3 Å². The Kier molecular flexibility index (Phi) is 10.7. The van der Waals surface area contributed by atoms with E-state index in [1.54, 1.807) is 35.8 Å². The number of carbonyl (C=O) groups excluding carboxylic acids is 6. The molecule has 4 aliphatic carbocycles. The van der Waals surface area contributed by atoms with Gasteiger partial charge >= 0.3 is 24.1 Å². The van der Waals surface area contributed by atoms with Gasteiger partial charge in [-0.25, -0.2) is 23.6 Å². The van der Waals surface area contributed by atoms with E-state index in [-0.39, 0.29) is 19.5 Å². The molecule has 10 rings (SSSR count). The van der Waals surface area contributed by atoms with Crippen LogP contribution in [-0.2, 0) is 45.9 Å². The second kappa shape index (κ2) is 15.4. The zero-order chi connectivity index (χ0) is 45.6. The average Bonchev–Trinajstić information content (AvgIpc) is 3.96. The lowest BCUT2D eigenvalue weighted by molar-refractivity contribution is -0.167. The summed E-state index contributed by atoms with van der Waals surface area (Å²) in [5.41, 5.74) is 21.6. The summed E-state index contributed by atoms with van der Waals surface area (Å²) in [4.78, 5) is 86.7. The van der Waals surface area contributed by atoms with Crippen molar-refractivity contribution >= 4 is 51.9 Å². The van der Waals surface area contributed by atoms with Gasteiger partial charge in [-0.3, -0.25) is 19.4 Å². The monoisotopic (exact) mass is 925 g/mol. The molecule has 4 aromatic rings. The average molecular weight is 927 g/mol. The van der Waals surface area contributed by atoms with Crippen molar-refractivity contribution in [3.63, 3.8) is 0 Å². The smallest absolute Gasteiger partial charge is 0.375 e. The van der Waals surface area contributed by atoms with Crippen molar-refractivity contribution in [1.82, 2.24) is 14.4 Å². The number of fused-ring (bicyclic) bond motifs is 6. The number of likely N-dealkylation sites (tertiary alicyclic amines) is 2. The summed E-state index contributed by atoms with van der Waals surface area (Å²) in [6, 6.07) is 19.0. The first-order chi connectivity index (χ1) is 29.8. The van der Waals surface area contributed by atoms with E-state index in [2.05, 4.69) is 15.9 Å². The molecule has 6 aliphatic rings. The lowest BCUT2D eigenvalue weighted by atomic mass is 9.54. The van der Waals surface area contributed by atoms with Crippen LogP contribution in [0.3, 0.4) is 0 Å². The summed E-state index contributed by atoms with van der Waals surface area (Å²) in [6.07, 6.45) is -0.953. The first-order valence-electron chi connectivity index (χ1n) is 20.8. The van der Waals surface area contributed by atoms with E-state index in [0.717, 1.165) is 11.1 Å². The van der Waals surface area contributed by atoms with Crippen LogP contribution in [0.1, 0.15) is 104 Å². The summed E-state index contributed by atoms with van der Waals surface area (Å²) in [5, 5.41) is 0. The van der Waals surface area contributed by atoms with E-state index in [1.165, 1.54) is 12.1 Å². The van der Waals surface area contributed by atoms with E-state index in [9.17, 15) is 33.2 Å². The molecule has 1 aromatic heterocycles. The Labute approximate surface area is 371 Å². The molecule has 4 amide bonds. The zero-order valence-corrected chi connectivity index (χ0v) is 36.9. The number of primary amides is 4. The van der Waals surface area contributed by atoms with Gasteiger partial charge in [-0.2, -0.15) is 0 Å². The van der Waals surface area contributed by atoms with Crippen LogP contribution in [0.25, 0.3) is 5.69 Å². The van der Waals surface area contributed by atoms with Crippen LogP contribution in [0.15, 0.2) is 77.3 Å². The number of hydrogen-bond acceptors (Lipinski definition) is 10. The molecule has 17 heteroatoms. The van der Waals surface area contributed by atoms with Crippen molar-refractivity contribution in [1.29, 1.82) is 0 Å². The van der Waals surface area contributed by atoms with E-state index in [0.29, 0.717) is 63.9 Å². The standard InChI is InChI=1S/C46H49BrFN7O8/c1-24-34(47)36(33-8-6-22-54(33)46(38(50)57,40(59)63-42(52)61)44(4)25(2)27-11-15-29(44)16-12-27)55(31-19-17-30(48)18-20-31)35(24)32-7-5-21-53(32)45(37(49)56,39(58)62-41(51)60)43(3)23-26-9-13-28(43)14-10-26/h9-20,25,32-33H,5-8,21-23H2,1-4H3,(H2,49,56)(H2,50,57)(H2,51,60)(H2,52,61)/t25?,32?,33?,43?,44?,45-,46-/m0/s1. The maximum Gasteiger partial charge on any atom is 0.412 e. The molecule has 7 atom stereocenters. The van der Waals surface area contributed by atoms with Gasteiger partial charge in [0.1, 0.15) is 5.82 Å². The predicted molar refractivity (Wildman–Crippen MR) is 230 cm³/mol. The third-order valence-electron chi connectivity index (χ3n) is 14.8. The summed E-state index contributed by atoms with van der Waals surface area (Å²) < 4.78 is 27.6. The number of carbonyl (C=O) groups is 6. The molecule has 3 heterocycles. The fourth-order valence-corrected chi connectivity index (χ4v) is 12.5. The fraction of sp³-hybridized carbons (Fsp3) is 0.391. The molecule has 5 unspecified atom stereocenters. The largest absolute Gasteiger partial charge is 0.412 e. The molecular formula is C46H49BrFN7O8. The van der Waals surface area contributed by atoms with Crippen molar-refractivity contribution in [3.05, 3.63) is 122 Å². The molecule has 2 saturated heterocycles. The molecule has 15 nitrogen and oxygen atoms in total. The van der Waals surface area contributed by atoms with Gasteiger partial charge in [0, 0.05) is 39.8 Å². The summed E-state index contributed by atoms with van der Waals surface area (Å²) in [6.45, 7) is 7.54. The maximum atomic E-state index is 14.8. The van der Waals surface area contributed by atoms with Crippen LogP contribution in [0.4, 0.5) is 14.0 Å². The highest BCUT2D eigenvalue weighted by atomic mass is 79.9. The Morgan fingerprint density at radius 2 is 1.21 bits per heavy atom. The summed E-state index contributed by atoms with van der Waals surface area (Å²) in [7, 11) is 0. The highest BCUT2D eigenvalue weighted by Crippen LogP contribution is 2.58. The summed E-state index contributed by atoms with van der Waals surface area (Å²) >= 11 is 3.91. The first-order valence-corrected chi connectivity index (χ1v) is 21.6. The minimum absolute atomic E-state index is 0.144. The predicted octanol–water partition coefficient (Wildman–Crippen LogP) is 5.24. The Hall–Kier alpha value is -5.91. The minimum Gasteiger partial charge on any atom is -0.375 e. The second-order valence-electron chi connectivity index (χ2n) is 17.5. The molecular weight excluding hydrogens is 877 g/mol. The van der Waals surface area contributed by atoms with Gasteiger partial charge in [0.05, 0.1) is 17.8 Å². The van der Waals surface area contributed by atoms with Crippen LogP contribution in [0.2, 0.25) is 0 Å². The number of halogens is 2. The highest BCUT2D eigenvalue weighted by Gasteiger charge is 2.70. The molecule has 4 bridgehead atoms. The minimum atomic E-state index is -2.33. The van der Waals surface area contributed by atoms with Crippen molar-refractivity contribution in [2.75, 3.05) is 13.1 Å². The lowest BCUT2D eigenvalue weighted by Crippen LogP contribution is -2.74. The molecule has 2 aliphatic heterocycles. The van der Waals surface area contributed by atoms with Gasteiger partial charge in [0.15, 0.2) is 0 Å². The molecule has 3 aromatic carbocycles. The number of nitrogens with zero attached hydrogens (tertiary/aromatic N) is 3. The number of ether oxygens (including phenoxy) is 2. The third-order valence-corrected chi connectivity index (χ3v) is 15.8. The zero-order valence-electron chi connectivity index (χ0n) is 35.3. The number of esters is 2. The van der Waals surface area contributed by atoms with Gasteiger partial charge in [0.2, 0.25) is 11.1 Å². The fourth-order valence-electron chi connectivity index (χ4n) is 11.9. The van der Waals surface area contributed by atoms with Crippen molar-refractivity contribution in [2.24, 2.45) is 22.9 Å². The molecule has 0 spiro atoms. The van der Waals surface area contributed by atoms with Crippen molar-refractivity contribution in [2.45, 2.75) is 99.7 Å². The topological polar surface area (TPSA) is 236 Å².